The maximum atomic E-state index is 14.0. The lowest BCUT2D eigenvalue weighted by Gasteiger charge is -2.32. The number of ether oxygens (including phenoxy) is 1. The largest absolute Gasteiger partial charge is 0.490 e. The number of aromatic nitrogens is 2. The van der Waals surface area contributed by atoms with Crippen LogP contribution in [0, 0.1) is 23.0 Å². The van der Waals surface area contributed by atoms with Gasteiger partial charge in [-0.15, -0.1) is 0 Å². The lowest BCUT2D eigenvalue weighted by Crippen LogP contribution is -2.48. The molecular formula is C28H26ClF5N6O6. The summed E-state index contributed by atoms with van der Waals surface area (Å²) in [5.41, 5.74) is 1.58. The van der Waals surface area contributed by atoms with Crippen LogP contribution in [0.5, 0.6) is 5.75 Å². The first-order valence-corrected chi connectivity index (χ1v) is 13.3. The van der Waals surface area contributed by atoms with Crippen LogP contribution in [0.2, 0.25) is 5.02 Å². The van der Waals surface area contributed by atoms with Crippen molar-refractivity contribution in [3.05, 3.63) is 64.6 Å². The van der Waals surface area contributed by atoms with E-state index in [2.05, 4.69) is 10.3 Å². The summed E-state index contributed by atoms with van der Waals surface area (Å²) in [5.74, 6) is -5.40. The number of hydrogen-bond donors (Lipinski definition) is 2. The first kappa shape index (κ1) is 36.9. The van der Waals surface area contributed by atoms with E-state index in [9.17, 15) is 36.3 Å². The molecule has 2 aromatic carbocycles. The van der Waals surface area contributed by atoms with E-state index in [0.29, 0.717) is 43.1 Å². The first-order valence-electron chi connectivity index (χ1n) is 12.9. The first-order chi connectivity index (χ1) is 21.7. The molecule has 0 radical (unpaired) electrons. The molecule has 12 nitrogen and oxygen atoms in total. The van der Waals surface area contributed by atoms with E-state index in [4.69, 9.17) is 31.5 Å². The molecule has 2 N–H and O–H groups in total. The fourth-order valence-corrected chi connectivity index (χ4v) is 4.04. The number of alkyl halides is 3. The van der Waals surface area contributed by atoms with E-state index < -0.39 is 23.8 Å². The summed E-state index contributed by atoms with van der Waals surface area (Å²) < 4.78 is 65.6. The zero-order valence-electron chi connectivity index (χ0n) is 24.1. The van der Waals surface area contributed by atoms with Gasteiger partial charge in [0.25, 0.3) is 5.91 Å². The highest BCUT2D eigenvalue weighted by molar-refractivity contribution is 6.34. The van der Waals surface area contributed by atoms with E-state index in [1.807, 2.05) is 6.07 Å². The second kappa shape index (κ2) is 16.7. The van der Waals surface area contributed by atoms with E-state index in [0.717, 1.165) is 12.1 Å². The standard InChI is InChI=1S/C13H16ClN3O2.C13H9F2N3O2.C2HF3O2/c1-15-10-2-3-11(12(14)8-10)13(19)17-6-4-16(9-18)5-7-17;1-18-9(6-17-11(18)7-19)8-2-3-10(20-5-4-16)13(15)12(8)14;3-2(4,5)1(6)7/h2-3,8-9,15H,4-7H2,1H3;2-3,6-7H,5H2,1H3;(H,6,7). The fourth-order valence-electron chi connectivity index (χ4n) is 3.78. The number of carboxylic acid groups (broad SMARTS) is 1. The van der Waals surface area contributed by atoms with Gasteiger partial charge in [0.2, 0.25) is 12.2 Å². The second-order valence-corrected chi connectivity index (χ2v) is 9.45. The van der Waals surface area contributed by atoms with Crippen LogP contribution in [0.3, 0.4) is 0 Å². The third-order valence-electron chi connectivity index (χ3n) is 6.23. The second-order valence-electron chi connectivity index (χ2n) is 9.05. The van der Waals surface area contributed by atoms with Gasteiger partial charge in [0.15, 0.2) is 30.3 Å². The van der Waals surface area contributed by atoms with Crippen LogP contribution in [-0.4, -0.2) is 95.0 Å². The van der Waals surface area contributed by atoms with E-state index in [1.165, 1.54) is 29.9 Å². The molecule has 0 unspecified atom stereocenters. The molecule has 3 aromatic rings. The molecule has 0 aliphatic carbocycles. The summed E-state index contributed by atoms with van der Waals surface area (Å²) >= 11 is 6.12. The van der Waals surface area contributed by atoms with Gasteiger partial charge in [-0.2, -0.15) is 22.8 Å². The Hall–Kier alpha value is -5.24. The number of hydrogen-bond acceptors (Lipinski definition) is 8. The SMILES string of the molecule is CNc1ccc(C(=O)N2CCN(C=O)CC2)c(Cl)c1.Cn1c(-c2ccc(OCC#N)c(F)c2F)cnc1C=O.O=C(O)C(F)(F)F. The molecule has 1 saturated heterocycles. The van der Waals surface area contributed by atoms with Crippen molar-refractivity contribution in [1.29, 1.82) is 5.26 Å². The maximum Gasteiger partial charge on any atom is 0.490 e. The molecule has 2 heterocycles. The minimum Gasteiger partial charge on any atom is -0.476 e. The van der Waals surface area contributed by atoms with Crippen LogP contribution in [0.15, 0.2) is 36.5 Å². The van der Waals surface area contributed by atoms with Crippen LogP contribution in [0.25, 0.3) is 11.3 Å². The van der Waals surface area contributed by atoms with E-state index in [1.54, 1.807) is 35.0 Å². The van der Waals surface area contributed by atoms with Crippen LogP contribution < -0.4 is 10.1 Å². The number of nitrogens with one attached hydrogen (secondary N) is 1. The number of carbonyl (C=O) groups is 4. The van der Waals surface area contributed by atoms with Gasteiger partial charge in [-0.05, 0) is 30.3 Å². The maximum absolute atomic E-state index is 14.0. The Balaban J connectivity index is 0.000000267. The summed E-state index contributed by atoms with van der Waals surface area (Å²) in [6, 6.07) is 9.47. The molecule has 4 rings (SSSR count). The monoisotopic (exact) mass is 672 g/mol. The van der Waals surface area contributed by atoms with E-state index in [-0.39, 0.29) is 35.3 Å². The summed E-state index contributed by atoms with van der Waals surface area (Å²) in [6.45, 7) is 1.85. The number of nitriles is 1. The van der Waals surface area contributed by atoms with Crippen molar-refractivity contribution in [2.24, 2.45) is 7.05 Å². The quantitative estimate of drug-likeness (QED) is 0.280. The average Bonchev–Trinajstić information content (AvgIpc) is 3.41. The minimum atomic E-state index is -5.08. The molecule has 246 valence electrons. The Morgan fingerprint density at radius 2 is 1.76 bits per heavy atom. The van der Waals surface area contributed by atoms with Crippen molar-refractivity contribution in [3.8, 4) is 23.1 Å². The van der Waals surface area contributed by atoms with Gasteiger partial charge in [-0.1, -0.05) is 11.6 Å². The zero-order chi connectivity index (χ0) is 34.6. The van der Waals surface area contributed by atoms with Gasteiger partial charge < -0.3 is 29.5 Å². The van der Waals surface area contributed by atoms with Crippen LogP contribution in [0.4, 0.5) is 27.6 Å². The van der Waals surface area contributed by atoms with E-state index >= 15 is 0 Å². The molecule has 1 aliphatic heterocycles. The number of carboxylic acids is 1. The summed E-state index contributed by atoms with van der Waals surface area (Å²) in [5, 5.41) is 18.9. The van der Waals surface area contributed by atoms with Gasteiger partial charge in [0, 0.05) is 51.5 Å². The van der Waals surface area contributed by atoms with Crippen LogP contribution >= 0.6 is 11.6 Å². The van der Waals surface area contributed by atoms with Gasteiger partial charge in [0.05, 0.1) is 22.5 Å². The Morgan fingerprint density at radius 3 is 2.24 bits per heavy atom. The van der Waals surface area contributed by atoms with Gasteiger partial charge in [-0.25, -0.2) is 14.2 Å². The Kier molecular flexibility index (Phi) is 13.4. The van der Waals surface area contributed by atoms with Gasteiger partial charge in [-0.3, -0.25) is 14.4 Å². The fraction of sp³-hybridized carbons (Fsp3) is 0.286. The summed E-state index contributed by atoms with van der Waals surface area (Å²) in [6.07, 6.45) is -2.48. The number of amides is 2. The highest BCUT2D eigenvalue weighted by Crippen LogP contribution is 2.30. The molecule has 0 bridgehead atoms. The predicted octanol–water partition coefficient (Wildman–Crippen LogP) is 4.01. The molecular weight excluding hydrogens is 647 g/mol. The lowest BCUT2D eigenvalue weighted by atomic mass is 10.1. The van der Waals surface area contributed by atoms with Crippen molar-refractivity contribution < 1.29 is 51.0 Å². The number of benzene rings is 2. The van der Waals surface area contributed by atoms with Crippen molar-refractivity contribution >= 4 is 41.9 Å². The highest BCUT2D eigenvalue weighted by Gasteiger charge is 2.38. The van der Waals surface area contributed by atoms with Crippen molar-refractivity contribution in [3.63, 3.8) is 0 Å². The number of rotatable bonds is 7. The number of carbonyl (C=O) groups excluding carboxylic acids is 3. The third kappa shape index (κ3) is 9.63. The smallest absolute Gasteiger partial charge is 0.476 e. The summed E-state index contributed by atoms with van der Waals surface area (Å²) in [4.78, 5) is 49.7. The number of aldehydes is 1. The summed E-state index contributed by atoms with van der Waals surface area (Å²) in [7, 11) is 3.31. The molecule has 1 fully saturated rings. The number of halogens is 6. The predicted molar refractivity (Wildman–Crippen MR) is 153 cm³/mol. The molecule has 18 heteroatoms. The normalized spacial score (nSPS) is 12.4. The van der Waals surface area contributed by atoms with Crippen LogP contribution in [-0.2, 0) is 16.6 Å². The third-order valence-corrected chi connectivity index (χ3v) is 6.54. The average molecular weight is 673 g/mol. The highest BCUT2D eigenvalue weighted by atomic mass is 35.5. The molecule has 0 spiro atoms. The Labute approximate surface area is 263 Å². The molecule has 1 aromatic heterocycles. The van der Waals surface area contributed by atoms with Crippen molar-refractivity contribution in [2.45, 2.75) is 6.18 Å². The number of nitrogens with zero attached hydrogens (tertiary/aromatic N) is 5. The Bertz CT molecular complexity index is 1600. The minimum absolute atomic E-state index is 0.0464. The number of aliphatic carboxylic acids is 1. The lowest BCUT2D eigenvalue weighted by molar-refractivity contribution is -0.192. The Morgan fingerprint density at radius 1 is 1.13 bits per heavy atom. The topological polar surface area (TPSA) is 158 Å². The van der Waals surface area contributed by atoms with Crippen molar-refractivity contribution in [2.75, 3.05) is 45.2 Å². The molecule has 0 saturated carbocycles. The van der Waals surface area contributed by atoms with Gasteiger partial charge in [0.1, 0.15) is 6.07 Å². The molecule has 0 atom stereocenters. The van der Waals surface area contributed by atoms with Gasteiger partial charge >= 0.3 is 12.1 Å². The van der Waals surface area contributed by atoms with Crippen LogP contribution in [0.1, 0.15) is 21.0 Å². The zero-order valence-corrected chi connectivity index (χ0v) is 24.9. The number of imidazole rings is 1. The van der Waals surface area contributed by atoms with Crippen molar-refractivity contribution in [1.82, 2.24) is 19.4 Å². The number of piperazine rings is 1. The molecule has 46 heavy (non-hydrogen) atoms. The number of anilines is 1. The molecule has 1 aliphatic rings. The molecule has 2 amide bonds.